The van der Waals surface area contributed by atoms with Gasteiger partial charge in [0.1, 0.15) is 11.3 Å². The van der Waals surface area contributed by atoms with E-state index in [1.807, 2.05) is 28.0 Å². The maximum absolute atomic E-state index is 14.4. The van der Waals surface area contributed by atoms with Crippen LogP contribution in [0, 0.1) is 5.92 Å². The highest BCUT2D eigenvalue weighted by atomic mass is 19.4. The first-order chi connectivity index (χ1) is 18.6. The molecule has 6 rings (SSSR count). The Morgan fingerprint density at radius 1 is 1.21 bits per heavy atom. The molecule has 1 saturated carbocycles. The summed E-state index contributed by atoms with van der Waals surface area (Å²) in [5.74, 6) is 0.217. The number of benzene rings is 2. The molecular weight excluding hydrogens is 511 g/mol. The molecule has 39 heavy (non-hydrogen) atoms. The topological polar surface area (TPSA) is 94.6 Å². The van der Waals surface area contributed by atoms with Crippen LogP contribution in [0.15, 0.2) is 58.8 Å². The van der Waals surface area contributed by atoms with Crippen LogP contribution in [0.1, 0.15) is 30.4 Å². The molecule has 206 valence electrons. The monoisotopic (exact) mass is 541 g/mol. The summed E-state index contributed by atoms with van der Waals surface area (Å²) in [6.45, 7) is 1.72. The zero-order valence-corrected chi connectivity index (χ0v) is 21.5. The fraction of sp³-hybridized carbons (Fsp3) is 0.429. The summed E-state index contributed by atoms with van der Waals surface area (Å²) in [7, 11) is 1.56. The van der Waals surface area contributed by atoms with E-state index in [-0.39, 0.29) is 24.8 Å². The Morgan fingerprint density at radius 2 is 1.97 bits per heavy atom. The third-order valence-corrected chi connectivity index (χ3v) is 8.07. The number of halogens is 3. The Morgan fingerprint density at radius 3 is 2.62 bits per heavy atom. The number of carbonyl (C=O) groups is 1. The van der Waals surface area contributed by atoms with Gasteiger partial charge in [0, 0.05) is 54.7 Å². The number of primary amides is 1. The number of carbonyl (C=O) groups excluding carboxylic acids is 1. The van der Waals surface area contributed by atoms with E-state index >= 15 is 0 Å². The molecule has 0 atom stereocenters. The highest BCUT2D eigenvalue weighted by Crippen LogP contribution is 2.57. The van der Waals surface area contributed by atoms with Crippen molar-refractivity contribution in [1.82, 2.24) is 4.90 Å². The van der Waals surface area contributed by atoms with E-state index in [4.69, 9.17) is 15.6 Å². The van der Waals surface area contributed by atoms with Crippen molar-refractivity contribution in [2.75, 3.05) is 49.8 Å². The summed E-state index contributed by atoms with van der Waals surface area (Å²) < 4.78 is 48.7. The van der Waals surface area contributed by atoms with Crippen LogP contribution >= 0.6 is 0 Å². The summed E-state index contributed by atoms with van der Waals surface area (Å²) in [6, 6.07) is 11.5. The average Bonchev–Trinajstić information content (AvgIpc) is 3.54. The summed E-state index contributed by atoms with van der Waals surface area (Å²) in [4.78, 5) is 15.8. The number of hydrogen-bond acceptors (Lipinski definition) is 7. The lowest BCUT2D eigenvalue weighted by Crippen LogP contribution is -2.49. The Balaban J connectivity index is 1.52. The summed E-state index contributed by atoms with van der Waals surface area (Å²) in [5, 5.41) is 15.9. The van der Waals surface area contributed by atoms with Crippen LogP contribution in [-0.2, 0) is 11.0 Å². The lowest BCUT2D eigenvalue weighted by Gasteiger charge is -2.42. The molecule has 11 heteroatoms. The number of fused-ring (bicyclic) bond motifs is 1. The van der Waals surface area contributed by atoms with Crippen molar-refractivity contribution in [1.29, 1.82) is 0 Å². The van der Waals surface area contributed by atoms with E-state index in [9.17, 15) is 23.1 Å². The fourth-order valence-electron chi connectivity index (χ4n) is 6.06. The molecule has 0 bridgehead atoms. The van der Waals surface area contributed by atoms with E-state index in [1.165, 1.54) is 11.1 Å². The number of alkyl halides is 3. The Bertz CT molecular complexity index is 1380. The number of ether oxygens (including phenoxy) is 1. The minimum absolute atomic E-state index is 0.0116. The number of anilines is 2. The van der Waals surface area contributed by atoms with Crippen molar-refractivity contribution in [2.45, 2.75) is 31.0 Å². The van der Waals surface area contributed by atoms with E-state index in [0.717, 1.165) is 22.9 Å². The first-order valence-electron chi connectivity index (χ1n) is 13.0. The second kappa shape index (κ2) is 9.18. The smallest absolute Gasteiger partial charge is 0.418 e. The molecule has 1 spiro atoms. The van der Waals surface area contributed by atoms with Gasteiger partial charge in [0.15, 0.2) is 0 Å². The molecule has 2 fully saturated rings. The van der Waals surface area contributed by atoms with Gasteiger partial charge in [-0.3, -0.25) is 9.80 Å². The normalized spacial score (nSPS) is 20.2. The number of rotatable bonds is 7. The molecule has 3 N–H and O–H groups in total. The molecule has 0 aromatic heterocycles. The van der Waals surface area contributed by atoms with Crippen molar-refractivity contribution in [2.24, 2.45) is 16.8 Å². The largest absolute Gasteiger partial charge is 0.497 e. The number of aliphatic hydroxyl groups excluding tert-OH is 1. The standard InChI is InChI=1S/C28H30F3N5O3/c1-39-20-4-2-3-18(11-20)25-21-7-10-34(15-24(32)38)26(21)27(8-9-27)36(33-25)23-12-19(35-13-17(14-35)16-37)5-6-22(23)28(29,30)31/h2-6,11-12,17,37H,7-10,13-16H2,1H3,(H2,32,38). The van der Waals surface area contributed by atoms with Crippen LogP contribution < -0.4 is 20.4 Å². The maximum atomic E-state index is 14.4. The van der Waals surface area contributed by atoms with Gasteiger partial charge in [0.05, 0.1) is 30.6 Å². The van der Waals surface area contributed by atoms with Gasteiger partial charge in [0.2, 0.25) is 5.91 Å². The van der Waals surface area contributed by atoms with Crippen LogP contribution in [0.25, 0.3) is 0 Å². The molecule has 3 heterocycles. The van der Waals surface area contributed by atoms with Crippen molar-refractivity contribution in [3.05, 3.63) is 64.9 Å². The number of amides is 1. The fourth-order valence-corrected chi connectivity index (χ4v) is 6.06. The molecule has 0 unspecified atom stereocenters. The highest BCUT2D eigenvalue weighted by molar-refractivity contribution is 6.15. The quantitative estimate of drug-likeness (QED) is 0.559. The highest BCUT2D eigenvalue weighted by Gasteiger charge is 2.59. The van der Waals surface area contributed by atoms with Gasteiger partial charge in [0.25, 0.3) is 0 Å². The van der Waals surface area contributed by atoms with Crippen LogP contribution in [-0.4, -0.2) is 67.1 Å². The van der Waals surface area contributed by atoms with Crippen LogP contribution in [0.2, 0.25) is 0 Å². The molecule has 8 nitrogen and oxygen atoms in total. The van der Waals surface area contributed by atoms with Gasteiger partial charge in [-0.1, -0.05) is 12.1 Å². The van der Waals surface area contributed by atoms with Crippen molar-refractivity contribution < 1.29 is 27.8 Å². The van der Waals surface area contributed by atoms with Crippen LogP contribution in [0.3, 0.4) is 0 Å². The zero-order chi connectivity index (χ0) is 27.5. The summed E-state index contributed by atoms with van der Waals surface area (Å²) in [6.07, 6.45) is -2.78. The third-order valence-electron chi connectivity index (χ3n) is 8.07. The van der Waals surface area contributed by atoms with Crippen LogP contribution in [0.4, 0.5) is 24.5 Å². The van der Waals surface area contributed by atoms with Gasteiger partial charge >= 0.3 is 6.18 Å². The molecule has 2 aromatic carbocycles. The SMILES string of the molecule is COc1cccc(C2=NN(c3cc(N4CC(CO)C4)ccc3C(F)(F)F)C3(CC3)C3=C2CCN3CC(N)=O)c1. The second-order valence-corrected chi connectivity index (χ2v) is 10.6. The first-order valence-corrected chi connectivity index (χ1v) is 13.0. The predicted octanol–water partition coefficient (Wildman–Crippen LogP) is 3.34. The van der Waals surface area contributed by atoms with Crippen molar-refractivity contribution in [3.63, 3.8) is 0 Å². The lowest BCUT2D eigenvalue weighted by molar-refractivity contribution is -0.137. The molecule has 1 amide bonds. The van der Waals surface area contributed by atoms with Gasteiger partial charge in [-0.2, -0.15) is 18.3 Å². The minimum atomic E-state index is -4.60. The average molecular weight is 542 g/mol. The molecular formula is C28H30F3N5O3. The molecule has 4 aliphatic rings. The lowest BCUT2D eigenvalue weighted by atomic mass is 9.93. The number of nitrogens with two attached hydrogens (primary N) is 1. The van der Waals surface area contributed by atoms with Crippen LogP contribution in [0.5, 0.6) is 5.75 Å². The van der Waals surface area contributed by atoms with Gasteiger partial charge in [-0.25, -0.2) is 0 Å². The maximum Gasteiger partial charge on any atom is 0.418 e. The second-order valence-electron chi connectivity index (χ2n) is 10.6. The number of hydrazone groups is 1. The minimum Gasteiger partial charge on any atom is -0.497 e. The molecule has 0 radical (unpaired) electrons. The number of methoxy groups -OCH3 is 1. The Labute approximate surface area is 224 Å². The Kier molecular flexibility index (Phi) is 6.01. The Hall–Kier alpha value is -3.73. The number of nitrogens with zero attached hydrogens (tertiary/aromatic N) is 4. The predicted molar refractivity (Wildman–Crippen MR) is 141 cm³/mol. The van der Waals surface area contributed by atoms with E-state index in [0.29, 0.717) is 56.0 Å². The van der Waals surface area contributed by atoms with E-state index < -0.39 is 23.2 Å². The third kappa shape index (κ3) is 4.28. The van der Waals surface area contributed by atoms with Gasteiger partial charge in [-0.05, 0) is 49.6 Å². The van der Waals surface area contributed by atoms with E-state index in [2.05, 4.69) is 0 Å². The van der Waals surface area contributed by atoms with Gasteiger partial charge in [-0.15, -0.1) is 0 Å². The first kappa shape index (κ1) is 25.5. The van der Waals surface area contributed by atoms with Crippen molar-refractivity contribution >= 4 is 23.0 Å². The van der Waals surface area contributed by atoms with E-state index in [1.54, 1.807) is 19.2 Å². The summed E-state index contributed by atoms with van der Waals surface area (Å²) in [5.41, 5.74) is 7.69. The molecule has 1 saturated heterocycles. The molecule has 1 aliphatic carbocycles. The molecule has 2 aromatic rings. The molecule has 3 aliphatic heterocycles. The number of hydrogen-bond donors (Lipinski definition) is 2. The summed E-state index contributed by atoms with van der Waals surface area (Å²) >= 11 is 0. The van der Waals surface area contributed by atoms with Gasteiger partial charge < -0.3 is 25.4 Å². The van der Waals surface area contributed by atoms with Crippen molar-refractivity contribution in [3.8, 4) is 5.75 Å². The zero-order valence-electron chi connectivity index (χ0n) is 21.5. The number of aliphatic hydroxyl groups is 1.